The molecule has 0 bridgehead atoms. The van der Waals surface area contributed by atoms with Gasteiger partial charge in [0.2, 0.25) is 0 Å². The molecule has 0 heterocycles. The molecule has 0 saturated heterocycles. The molecular weight excluding hydrogens is 1070 g/mol. The minimum Gasteiger partial charge on any atom is -0.310 e. The zero-order valence-electron chi connectivity index (χ0n) is 50.4. The molecule has 2 aliphatic carbocycles. The lowest BCUT2D eigenvalue weighted by Gasteiger charge is -2.30. The highest BCUT2D eigenvalue weighted by molar-refractivity contribution is 6.12. The Balaban J connectivity index is 0.674. The molecule has 0 atom stereocenters. The molecule has 0 amide bonds. The van der Waals surface area contributed by atoms with Gasteiger partial charge in [0.1, 0.15) is 0 Å². The second-order valence-electron chi connectivity index (χ2n) is 25.5. The minimum atomic E-state index is -0.232. The van der Waals surface area contributed by atoms with Gasteiger partial charge in [-0.05, 0) is 191 Å². The number of nitrogens with zero attached hydrogens (tertiary/aromatic N) is 1. The molecule has 17 rings (SSSR count). The molecule has 15 aromatic rings. The molecule has 420 valence electrons. The normalized spacial score (nSPS) is 13.3. The monoisotopic (exact) mass is 1130 g/mol. The zero-order valence-corrected chi connectivity index (χ0v) is 50.4. The molecule has 0 fully saturated rings. The molecule has 0 saturated carbocycles. The van der Waals surface area contributed by atoms with Crippen molar-refractivity contribution >= 4 is 60.2 Å². The maximum atomic E-state index is 2.54. The van der Waals surface area contributed by atoms with Crippen LogP contribution in [0.15, 0.2) is 309 Å². The van der Waals surface area contributed by atoms with E-state index >= 15 is 0 Å². The molecule has 2 aliphatic rings. The Hall–Kier alpha value is -10.9. The third kappa shape index (κ3) is 8.37. The highest BCUT2D eigenvalue weighted by Gasteiger charge is 2.43. The number of fused-ring (bicyclic) bond motifs is 11. The molecule has 89 heavy (non-hydrogen) atoms. The molecular formula is C88H63N. The smallest absolute Gasteiger partial charge is 0.0543 e. The fourth-order valence-electron chi connectivity index (χ4n) is 15.4. The summed E-state index contributed by atoms with van der Waals surface area (Å²) in [7, 11) is 0. The van der Waals surface area contributed by atoms with Crippen LogP contribution >= 0.6 is 0 Å². The van der Waals surface area contributed by atoms with Crippen LogP contribution in [0.1, 0.15) is 49.9 Å². The van der Waals surface area contributed by atoms with Crippen molar-refractivity contribution in [3.63, 3.8) is 0 Å². The molecule has 0 spiro atoms. The van der Waals surface area contributed by atoms with Gasteiger partial charge in [-0.25, -0.2) is 0 Å². The summed E-state index contributed by atoms with van der Waals surface area (Å²) in [5.74, 6) is 0. The van der Waals surface area contributed by atoms with E-state index in [9.17, 15) is 0 Å². The first-order chi connectivity index (χ1) is 43.7. The number of rotatable bonds is 9. The van der Waals surface area contributed by atoms with Gasteiger partial charge in [-0.15, -0.1) is 0 Å². The van der Waals surface area contributed by atoms with Crippen molar-refractivity contribution in [3.8, 4) is 89.0 Å². The van der Waals surface area contributed by atoms with Gasteiger partial charge in [0.05, 0.1) is 5.69 Å². The van der Waals surface area contributed by atoms with Gasteiger partial charge in [0.15, 0.2) is 0 Å². The maximum Gasteiger partial charge on any atom is 0.0543 e. The Bertz CT molecular complexity index is 5330. The summed E-state index contributed by atoms with van der Waals surface area (Å²) in [5.41, 5.74) is 28.7. The van der Waals surface area contributed by atoms with Crippen LogP contribution in [0, 0.1) is 0 Å². The number of hydrogen-bond donors (Lipinski definition) is 0. The van der Waals surface area contributed by atoms with E-state index in [0.29, 0.717) is 0 Å². The van der Waals surface area contributed by atoms with Crippen LogP contribution in [0.4, 0.5) is 17.1 Å². The summed E-state index contributed by atoms with van der Waals surface area (Å²) >= 11 is 0. The Morgan fingerprint density at radius 2 is 0.607 bits per heavy atom. The second-order valence-corrected chi connectivity index (χ2v) is 25.5. The molecule has 0 aromatic heterocycles. The lowest BCUT2D eigenvalue weighted by Crippen LogP contribution is -2.18. The van der Waals surface area contributed by atoms with E-state index in [4.69, 9.17) is 0 Å². The average molecular weight is 1130 g/mol. The summed E-state index contributed by atoms with van der Waals surface area (Å²) in [6.07, 6.45) is 0. The lowest BCUT2D eigenvalue weighted by atomic mass is 9.79. The van der Waals surface area contributed by atoms with Crippen LogP contribution in [-0.2, 0) is 10.8 Å². The van der Waals surface area contributed by atoms with Gasteiger partial charge in [0, 0.05) is 27.6 Å². The Labute approximate surface area is 521 Å². The molecule has 0 radical (unpaired) electrons. The van der Waals surface area contributed by atoms with Crippen molar-refractivity contribution in [2.75, 3.05) is 4.90 Å². The predicted molar refractivity (Wildman–Crippen MR) is 379 cm³/mol. The quantitative estimate of drug-likeness (QED) is 0.139. The Morgan fingerprint density at radius 1 is 0.213 bits per heavy atom. The highest BCUT2D eigenvalue weighted by atomic mass is 15.1. The second kappa shape index (κ2) is 20.4. The van der Waals surface area contributed by atoms with Crippen LogP contribution in [-0.4, -0.2) is 0 Å². The highest BCUT2D eigenvalue weighted by Crippen LogP contribution is 2.59. The SMILES string of the molecule is CC1(C)c2ccccc2-c2cc3c(cc21)-c1c(cc(N(c2ccccc2)c2cccc(-c4ccc(-c5ccc(-c6ccc(-c7ccc(-c8ccc(-c9cccc%10ccccc9%10)cc8)c8ccccc78)cc6)c6ccccc56)cc4)c2)c2ccccc12)C3(C)C. The van der Waals surface area contributed by atoms with Gasteiger partial charge < -0.3 is 4.90 Å². The van der Waals surface area contributed by atoms with Gasteiger partial charge in [-0.2, -0.15) is 0 Å². The summed E-state index contributed by atoms with van der Waals surface area (Å²) in [6.45, 7) is 9.64. The number of anilines is 3. The maximum absolute atomic E-state index is 2.54. The van der Waals surface area contributed by atoms with Crippen LogP contribution in [0.25, 0.3) is 132 Å². The van der Waals surface area contributed by atoms with Gasteiger partial charge in [-0.3, -0.25) is 0 Å². The fraction of sp³-hybridized carbons (Fsp3) is 0.0682. The molecule has 1 heteroatoms. The van der Waals surface area contributed by atoms with Gasteiger partial charge in [0.25, 0.3) is 0 Å². The molecule has 0 aliphatic heterocycles. The van der Waals surface area contributed by atoms with E-state index in [1.54, 1.807) is 0 Å². The largest absolute Gasteiger partial charge is 0.310 e. The van der Waals surface area contributed by atoms with Gasteiger partial charge in [-0.1, -0.05) is 295 Å². The zero-order chi connectivity index (χ0) is 59.5. The standard InChI is InChI=1S/C88H63N/c1-87(2)81-35-17-16-31-76(81)79-53-83-80(54-82(79)87)86-78-33-15-14-32-77(78)85(55-84(86)88(83,3)4)89(64-23-6-5-7-24-64)65-25-18-22-63(52-65)56-36-38-59(39-37-56)68-48-49-70(73-28-11-10-27-72(68)73)61-44-46-62(47-45-61)71-51-50-69(74-29-12-13-30-75(71)74)60-42-40-58(41-43-60)67-34-19-21-57-20-8-9-26-66(57)67/h5-55H,1-4H3. The third-order valence-corrected chi connectivity index (χ3v) is 19.9. The van der Waals surface area contributed by atoms with E-state index in [1.165, 1.54) is 160 Å². The first-order valence-corrected chi connectivity index (χ1v) is 31.3. The summed E-state index contributed by atoms with van der Waals surface area (Å²) in [5, 5.41) is 10.0. The summed E-state index contributed by atoms with van der Waals surface area (Å²) in [6, 6.07) is 115. The third-order valence-electron chi connectivity index (χ3n) is 19.9. The van der Waals surface area contributed by atoms with Crippen molar-refractivity contribution in [2.24, 2.45) is 0 Å². The van der Waals surface area contributed by atoms with Crippen LogP contribution in [0.5, 0.6) is 0 Å². The molecule has 15 aromatic carbocycles. The van der Waals surface area contributed by atoms with Gasteiger partial charge >= 0.3 is 0 Å². The van der Waals surface area contributed by atoms with Crippen molar-refractivity contribution in [2.45, 2.75) is 38.5 Å². The first-order valence-electron chi connectivity index (χ1n) is 31.3. The Morgan fingerprint density at radius 3 is 1.18 bits per heavy atom. The molecule has 1 nitrogen and oxygen atoms in total. The summed E-state index contributed by atoms with van der Waals surface area (Å²) < 4.78 is 0. The van der Waals surface area contributed by atoms with E-state index in [-0.39, 0.29) is 10.8 Å². The molecule has 0 unspecified atom stereocenters. The number of para-hydroxylation sites is 1. The van der Waals surface area contributed by atoms with E-state index in [0.717, 1.165) is 11.4 Å². The average Bonchev–Trinajstić information content (AvgIpc) is 1.59. The van der Waals surface area contributed by atoms with Crippen LogP contribution in [0.3, 0.4) is 0 Å². The van der Waals surface area contributed by atoms with E-state index in [1.807, 2.05) is 0 Å². The number of hydrogen-bond acceptors (Lipinski definition) is 1. The van der Waals surface area contributed by atoms with Crippen molar-refractivity contribution in [1.82, 2.24) is 0 Å². The molecule has 0 N–H and O–H groups in total. The van der Waals surface area contributed by atoms with Crippen LogP contribution in [0.2, 0.25) is 0 Å². The van der Waals surface area contributed by atoms with E-state index < -0.39 is 0 Å². The first kappa shape index (κ1) is 52.5. The van der Waals surface area contributed by atoms with Crippen LogP contribution < -0.4 is 4.90 Å². The van der Waals surface area contributed by atoms with Crippen molar-refractivity contribution in [1.29, 1.82) is 0 Å². The summed E-state index contributed by atoms with van der Waals surface area (Å²) in [4.78, 5) is 2.48. The Kier molecular flexibility index (Phi) is 12.0. The topological polar surface area (TPSA) is 3.24 Å². The lowest BCUT2D eigenvalue weighted by molar-refractivity contribution is 0.652. The minimum absolute atomic E-state index is 0.0850. The van der Waals surface area contributed by atoms with Crippen molar-refractivity contribution in [3.05, 3.63) is 332 Å². The number of benzene rings is 15. The van der Waals surface area contributed by atoms with Crippen molar-refractivity contribution < 1.29 is 0 Å². The van der Waals surface area contributed by atoms with E-state index in [2.05, 4.69) is 342 Å². The fourth-order valence-corrected chi connectivity index (χ4v) is 15.4. The predicted octanol–water partition coefficient (Wildman–Crippen LogP) is 24.4.